The number of carbonyl (C=O) groups is 8. The molecule has 4 aromatic rings. The highest BCUT2D eigenvalue weighted by Crippen LogP contribution is 2.57. The van der Waals surface area contributed by atoms with E-state index in [2.05, 4.69) is 0 Å². The highest BCUT2D eigenvalue weighted by Gasteiger charge is 2.72. The third-order valence-corrected chi connectivity index (χ3v) is 10.0. The van der Waals surface area contributed by atoms with Crippen LogP contribution in [0.5, 0.6) is 23.0 Å². The lowest BCUT2D eigenvalue weighted by Crippen LogP contribution is -2.54. The topological polar surface area (TPSA) is 168 Å². The van der Waals surface area contributed by atoms with Gasteiger partial charge in [0, 0.05) is 48.6 Å². The molecule has 0 spiro atoms. The average Bonchev–Trinajstić information content (AvgIpc) is 3.96. The minimum atomic E-state index is -6.03. The summed E-state index contributed by atoms with van der Waals surface area (Å²) in [6, 6.07) is 12.1. The Bertz CT molecular complexity index is 2580. The summed E-state index contributed by atoms with van der Waals surface area (Å²) in [7, 11) is 0. The van der Waals surface area contributed by atoms with Crippen molar-refractivity contribution in [2.24, 2.45) is 0 Å². The molecule has 8 rings (SSSR count). The molecule has 316 valence electrons. The molecule has 63 heavy (non-hydrogen) atoms. The zero-order chi connectivity index (χ0) is 45.2. The van der Waals surface area contributed by atoms with Gasteiger partial charge in [0.2, 0.25) is 5.41 Å². The molecule has 4 aromatic carbocycles. The maximum atomic E-state index is 15.1. The van der Waals surface area contributed by atoms with Crippen molar-refractivity contribution in [3.05, 3.63) is 145 Å². The predicted octanol–water partition coefficient (Wildman–Crippen LogP) is 6.40. The molecule has 14 nitrogen and oxygen atoms in total. The third kappa shape index (κ3) is 6.91. The Kier molecular flexibility index (Phi) is 9.80. The SMILES string of the molecule is O=C1C=CC(=O)N1c1ccc(Oc2ccc(C(c3ccc(Oc4ccc(N5C(=O)C=CC5=O)cc4N4C(=O)C=CC4=O)cc3)(C(F)(F)F)C(F)(F)F)cc2)c(N2C(=O)C=CC2=O)c1. The average molecular weight is 869 g/mol. The summed E-state index contributed by atoms with van der Waals surface area (Å²) in [5, 5.41) is 0. The normalized spacial score (nSPS) is 16.6. The van der Waals surface area contributed by atoms with E-state index in [0.717, 1.165) is 107 Å². The van der Waals surface area contributed by atoms with E-state index in [4.69, 9.17) is 9.47 Å². The quantitative estimate of drug-likeness (QED) is 0.129. The molecule has 4 heterocycles. The number of alkyl halides is 6. The second kappa shape index (κ2) is 14.9. The van der Waals surface area contributed by atoms with E-state index < -0.39 is 76.2 Å². The third-order valence-electron chi connectivity index (χ3n) is 10.0. The zero-order valence-electron chi connectivity index (χ0n) is 31.3. The van der Waals surface area contributed by atoms with Crippen LogP contribution >= 0.6 is 0 Å². The van der Waals surface area contributed by atoms with Crippen LogP contribution in [-0.2, 0) is 43.8 Å². The van der Waals surface area contributed by atoms with E-state index >= 15 is 26.3 Å². The van der Waals surface area contributed by atoms with E-state index in [1.165, 1.54) is 12.1 Å². The van der Waals surface area contributed by atoms with E-state index in [9.17, 15) is 38.4 Å². The Hall–Kier alpha value is -8.42. The van der Waals surface area contributed by atoms with Gasteiger partial charge in [-0.1, -0.05) is 24.3 Å². The van der Waals surface area contributed by atoms with Gasteiger partial charge in [-0.25, -0.2) is 19.6 Å². The predicted molar refractivity (Wildman–Crippen MR) is 205 cm³/mol. The van der Waals surface area contributed by atoms with Crippen LogP contribution < -0.4 is 29.1 Å². The van der Waals surface area contributed by atoms with Gasteiger partial charge in [0.25, 0.3) is 47.3 Å². The summed E-state index contributed by atoms with van der Waals surface area (Å²) in [5.74, 6) is -7.71. The number of halogens is 6. The molecule has 0 unspecified atom stereocenters. The molecule has 0 fully saturated rings. The van der Waals surface area contributed by atoms with E-state index in [0.29, 0.717) is 34.1 Å². The van der Waals surface area contributed by atoms with Crippen LogP contribution in [0, 0.1) is 0 Å². The largest absolute Gasteiger partial charge is 0.455 e. The Labute approximate surface area is 348 Å². The first-order valence-electron chi connectivity index (χ1n) is 18.0. The Morgan fingerprint density at radius 2 is 0.619 bits per heavy atom. The zero-order valence-corrected chi connectivity index (χ0v) is 31.3. The fraction of sp³-hybridized carbons (Fsp3) is 0.0698. The van der Waals surface area contributed by atoms with Gasteiger partial charge >= 0.3 is 12.4 Å². The van der Waals surface area contributed by atoms with E-state index in [1.54, 1.807) is 0 Å². The van der Waals surface area contributed by atoms with Gasteiger partial charge < -0.3 is 9.47 Å². The van der Waals surface area contributed by atoms with Gasteiger partial charge in [-0.05, 0) is 71.8 Å². The van der Waals surface area contributed by atoms with Crippen molar-refractivity contribution in [3.63, 3.8) is 0 Å². The standard InChI is InChI=1S/C43H22F6N4O10/c44-42(45,46)41(43(47,48)49,23-1-7-27(8-2-23)62-31-11-5-25(50-33(54)13-14-34(50)55)21-29(31)52-37(58)17-18-38(52)59)24-3-9-28(10-4-24)63-32-12-6-26(51-35(56)15-16-36(51)57)22-30(32)53-39(60)19-20-40(53)61/h1-22H. The summed E-state index contributed by atoms with van der Waals surface area (Å²) in [5.41, 5.74) is -8.06. The molecule has 4 aliphatic rings. The van der Waals surface area contributed by atoms with Crippen LogP contribution in [0.3, 0.4) is 0 Å². The Balaban J connectivity index is 1.12. The smallest absolute Gasteiger partial charge is 0.411 e. The monoisotopic (exact) mass is 868 g/mol. The molecule has 0 atom stereocenters. The van der Waals surface area contributed by atoms with Crippen molar-refractivity contribution in [3.8, 4) is 23.0 Å². The van der Waals surface area contributed by atoms with Crippen LogP contribution in [0.2, 0.25) is 0 Å². The summed E-state index contributed by atoms with van der Waals surface area (Å²) < 4.78 is 102. The van der Waals surface area contributed by atoms with Crippen molar-refractivity contribution in [2.75, 3.05) is 19.6 Å². The van der Waals surface area contributed by atoms with Crippen molar-refractivity contribution in [1.82, 2.24) is 0 Å². The maximum absolute atomic E-state index is 15.1. The number of rotatable bonds is 10. The first-order chi connectivity index (χ1) is 29.8. The second-order valence-electron chi connectivity index (χ2n) is 13.7. The van der Waals surface area contributed by atoms with Crippen molar-refractivity contribution in [1.29, 1.82) is 0 Å². The lowest BCUT2D eigenvalue weighted by Gasteiger charge is -2.38. The highest BCUT2D eigenvalue weighted by atomic mass is 19.4. The molecule has 20 heteroatoms. The number of imide groups is 4. The van der Waals surface area contributed by atoms with Gasteiger partial charge in [-0.15, -0.1) is 0 Å². The molecule has 0 bridgehead atoms. The van der Waals surface area contributed by atoms with Crippen molar-refractivity contribution < 1.29 is 74.2 Å². The molecule has 8 amide bonds. The van der Waals surface area contributed by atoms with Gasteiger partial charge in [-0.3, -0.25) is 38.4 Å². The van der Waals surface area contributed by atoms with Crippen molar-refractivity contribution >= 4 is 70.0 Å². The fourth-order valence-electron chi connectivity index (χ4n) is 7.18. The first kappa shape index (κ1) is 41.3. The molecule has 0 saturated carbocycles. The Morgan fingerprint density at radius 3 is 0.889 bits per heavy atom. The molecule has 4 aliphatic heterocycles. The molecule has 0 saturated heterocycles. The number of carbonyl (C=O) groups excluding carboxylic acids is 8. The van der Waals surface area contributed by atoms with Crippen LogP contribution in [-0.4, -0.2) is 59.6 Å². The van der Waals surface area contributed by atoms with Crippen LogP contribution in [0.15, 0.2) is 134 Å². The van der Waals surface area contributed by atoms with Crippen LogP contribution in [0.25, 0.3) is 0 Å². The summed E-state index contributed by atoms with van der Waals surface area (Å²) in [6.45, 7) is 0. The van der Waals surface area contributed by atoms with Gasteiger partial charge in [-0.2, -0.15) is 26.3 Å². The summed E-state index contributed by atoms with van der Waals surface area (Å²) in [6.07, 6.45) is -4.48. The number of amides is 8. The van der Waals surface area contributed by atoms with Crippen LogP contribution in [0.1, 0.15) is 11.1 Å². The van der Waals surface area contributed by atoms with Crippen molar-refractivity contribution in [2.45, 2.75) is 17.8 Å². The van der Waals surface area contributed by atoms with Gasteiger partial charge in [0.1, 0.15) is 11.5 Å². The number of ether oxygens (including phenoxy) is 2. The maximum Gasteiger partial charge on any atom is 0.411 e. The number of hydrogen-bond donors (Lipinski definition) is 0. The molecule has 0 radical (unpaired) electrons. The minimum absolute atomic E-state index is 0.0881. The van der Waals surface area contributed by atoms with E-state index in [-0.39, 0.29) is 45.7 Å². The molecular formula is C43H22F6N4O10. The molecule has 0 N–H and O–H groups in total. The highest BCUT2D eigenvalue weighted by molar-refractivity contribution is 6.32. The van der Waals surface area contributed by atoms with Gasteiger partial charge in [0.15, 0.2) is 11.5 Å². The molecule has 0 aliphatic carbocycles. The first-order valence-corrected chi connectivity index (χ1v) is 18.0. The number of hydrogen-bond acceptors (Lipinski definition) is 10. The fourth-order valence-corrected chi connectivity index (χ4v) is 7.18. The molecule has 0 aromatic heterocycles. The van der Waals surface area contributed by atoms with Crippen LogP contribution in [0.4, 0.5) is 49.1 Å². The Morgan fingerprint density at radius 1 is 0.349 bits per heavy atom. The number of benzene rings is 4. The molecular weight excluding hydrogens is 846 g/mol. The summed E-state index contributed by atoms with van der Waals surface area (Å²) >= 11 is 0. The number of nitrogens with zero attached hydrogens (tertiary/aromatic N) is 4. The van der Waals surface area contributed by atoms with E-state index in [1.807, 2.05) is 0 Å². The lowest BCUT2D eigenvalue weighted by atomic mass is 9.73. The second-order valence-corrected chi connectivity index (χ2v) is 13.7. The summed E-state index contributed by atoms with van der Waals surface area (Å²) in [4.78, 5) is 103. The lowest BCUT2D eigenvalue weighted by molar-refractivity contribution is -0.288. The number of anilines is 4. The minimum Gasteiger partial charge on any atom is -0.455 e. The van der Waals surface area contributed by atoms with Gasteiger partial charge in [0.05, 0.1) is 22.7 Å².